The minimum Gasteiger partial charge on any atom is -0.497 e. The first-order valence-electron chi connectivity index (χ1n) is 8.99. The molecule has 2 heterocycles. The van der Waals surface area contributed by atoms with Crippen LogP contribution in [0.2, 0.25) is 0 Å². The van der Waals surface area contributed by atoms with E-state index >= 15 is 0 Å². The molecule has 0 spiro atoms. The van der Waals surface area contributed by atoms with Gasteiger partial charge >= 0.3 is 6.18 Å². The number of alkyl halides is 3. The van der Waals surface area contributed by atoms with Crippen molar-refractivity contribution in [3.63, 3.8) is 0 Å². The van der Waals surface area contributed by atoms with Gasteiger partial charge < -0.3 is 15.0 Å². The number of H-pyrrole nitrogens is 2. The van der Waals surface area contributed by atoms with Crippen LogP contribution in [0.5, 0.6) is 5.75 Å². The number of anilines is 1. The average molecular weight is 439 g/mol. The largest absolute Gasteiger partial charge is 0.497 e. The highest BCUT2D eigenvalue weighted by Gasteiger charge is 2.35. The van der Waals surface area contributed by atoms with Crippen LogP contribution in [0.3, 0.4) is 0 Å². The van der Waals surface area contributed by atoms with Crippen molar-refractivity contribution in [1.29, 1.82) is 0 Å². The average Bonchev–Trinajstić information content (AvgIpc) is 3.19. The summed E-state index contributed by atoms with van der Waals surface area (Å²) >= 11 is 1.30. The Morgan fingerprint density at radius 1 is 1.27 bits per heavy atom. The minimum absolute atomic E-state index is 0.0269. The van der Waals surface area contributed by atoms with Gasteiger partial charge in [0.2, 0.25) is 5.95 Å². The molecule has 0 aliphatic rings. The fourth-order valence-electron chi connectivity index (χ4n) is 2.73. The van der Waals surface area contributed by atoms with Crippen LogP contribution in [-0.4, -0.2) is 39.3 Å². The monoisotopic (exact) mass is 439 g/mol. The fraction of sp³-hybridized carbons (Fsp3) is 0.316. The van der Waals surface area contributed by atoms with Gasteiger partial charge in [-0.25, -0.2) is 9.97 Å². The van der Waals surface area contributed by atoms with E-state index < -0.39 is 11.9 Å². The molecule has 0 aliphatic carbocycles. The van der Waals surface area contributed by atoms with Crippen molar-refractivity contribution in [1.82, 2.24) is 19.9 Å². The van der Waals surface area contributed by atoms with Crippen LogP contribution in [0, 0.1) is 0 Å². The molecule has 0 saturated carbocycles. The van der Waals surface area contributed by atoms with Crippen LogP contribution in [0.15, 0.2) is 41.6 Å². The number of thioether (sulfide) groups is 1. The lowest BCUT2D eigenvalue weighted by molar-refractivity contribution is -0.141. The fourth-order valence-corrected chi connectivity index (χ4v) is 3.53. The number of methoxy groups -OCH3 is 1. The van der Waals surface area contributed by atoms with E-state index in [0.717, 1.165) is 11.9 Å². The van der Waals surface area contributed by atoms with Crippen LogP contribution in [-0.2, 0) is 18.3 Å². The second-order valence-corrected chi connectivity index (χ2v) is 7.42. The maximum absolute atomic E-state index is 12.8. The molecule has 3 N–H and O–H groups in total. The van der Waals surface area contributed by atoms with Crippen molar-refractivity contribution in [3.8, 4) is 5.75 Å². The summed E-state index contributed by atoms with van der Waals surface area (Å²) in [4.78, 5) is 25.0. The number of nitrogens with one attached hydrogen (secondary N) is 3. The number of hydrogen-bond acceptors (Lipinski definition) is 6. The van der Waals surface area contributed by atoms with E-state index in [4.69, 9.17) is 4.74 Å². The topological polar surface area (TPSA) is 95.7 Å². The Bertz CT molecular complexity index is 1040. The van der Waals surface area contributed by atoms with Gasteiger partial charge in [-0.15, -0.1) is 0 Å². The van der Waals surface area contributed by atoms with E-state index in [1.165, 1.54) is 18.0 Å². The molecule has 0 unspecified atom stereocenters. The third-order valence-electron chi connectivity index (χ3n) is 4.18. The normalized spacial score (nSPS) is 11.5. The molecular weight excluding hydrogens is 419 g/mol. The molecule has 1 aromatic carbocycles. The lowest BCUT2D eigenvalue weighted by Gasteiger charge is -2.08. The molecule has 30 heavy (non-hydrogen) atoms. The Morgan fingerprint density at radius 2 is 2.10 bits per heavy atom. The molecule has 160 valence electrons. The van der Waals surface area contributed by atoms with E-state index in [2.05, 4.69) is 25.3 Å². The zero-order chi connectivity index (χ0) is 21.6. The van der Waals surface area contributed by atoms with E-state index in [1.807, 2.05) is 24.3 Å². The van der Waals surface area contributed by atoms with Gasteiger partial charge in [-0.1, -0.05) is 12.1 Å². The number of halogens is 3. The van der Waals surface area contributed by atoms with Crippen molar-refractivity contribution in [3.05, 3.63) is 69.7 Å². The summed E-state index contributed by atoms with van der Waals surface area (Å²) in [5.41, 5.74) is 0.340. The van der Waals surface area contributed by atoms with Crippen LogP contribution in [0.4, 0.5) is 19.1 Å². The highest BCUT2D eigenvalue weighted by Crippen LogP contribution is 2.31. The van der Waals surface area contributed by atoms with Crippen LogP contribution in [0.1, 0.15) is 22.5 Å². The molecule has 0 radical (unpaired) electrons. The molecular formula is C19H20F3N5O2S. The first-order chi connectivity index (χ1) is 14.4. The van der Waals surface area contributed by atoms with Crippen LogP contribution in [0.25, 0.3) is 0 Å². The van der Waals surface area contributed by atoms with Crippen molar-refractivity contribution in [2.75, 3.05) is 24.7 Å². The summed E-state index contributed by atoms with van der Waals surface area (Å²) in [6.45, 7) is 0.425. The smallest absolute Gasteiger partial charge is 0.433 e. The minimum atomic E-state index is -4.44. The zero-order valence-corrected chi connectivity index (χ0v) is 16.9. The zero-order valence-electron chi connectivity index (χ0n) is 16.0. The maximum atomic E-state index is 12.8. The lowest BCUT2D eigenvalue weighted by atomic mass is 10.1. The summed E-state index contributed by atoms with van der Waals surface area (Å²) in [6, 6.07) is 7.43. The Labute approximate surface area is 174 Å². The number of imidazole rings is 1. The van der Waals surface area contributed by atoms with Crippen LogP contribution >= 0.6 is 11.8 Å². The van der Waals surface area contributed by atoms with Gasteiger partial charge in [0.15, 0.2) is 0 Å². The summed E-state index contributed by atoms with van der Waals surface area (Å²) in [5, 5.41) is 2.96. The molecule has 0 aliphatic heterocycles. The van der Waals surface area contributed by atoms with E-state index in [1.54, 1.807) is 7.11 Å². The predicted octanol–water partition coefficient (Wildman–Crippen LogP) is 3.46. The standard InChI is InChI=1S/C19H20F3N5O2S/c1-29-14-4-2-3-12(8-14)7-13-9-24-18(27-17(13)28)23-5-6-30-10-15-16(19(20,21)22)26-11-25-15/h2-4,8-9,11H,5-7,10H2,1H3,(H,25,26)(H2,23,24,27,28). The van der Waals surface area contributed by atoms with Gasteiger partial charge in [-0.2, -0.15) is 24.9 Å². The molecule has 0 bridgehead atoms. The second kappa shape index (κ2) is 9.70. The predicted molar refractivity (Wildman–Crippen MR) is 109 cm³/mol. The molecule has 0 amide bonds. The highest BCUT2D eigenvalue weighted by atomic mass is 32.2. The maximum Gasteiger partial charge on any atom is 0.433 e. The third kappa shape index (κ3) is 5.78. The first kappa shape index (κ1) is 21.8. The molecule has 0 saturated heterocycles. The molecule has 7 nitrogen and oxygen atoms in total. The van der Waals surface area contributed by atoms with Gasteiger partial charge in [0.25, 0.3) is 5.56 Å². The van der Waals surface area contributed by atoms with Gasteiger partial charge in [-0.05, 0) is 17.7 Å². The number of rotatable bonds is 9. The Balaban J connectivity index is 1.48. The summed E-state index contributed by atoms with van der Waals surface area (Å²) < 4.78 is 43.5. The van der Waals surface area contributed by atoms with E-state index in [9.17, 15) is 18.0 Å². The number of aromatic amines is 2. The summed E-state index contributed by atoms with van der Waals surface area (Å²) in [7, 11) is 1.58. The van der Waals surface area contributed by atoms with Gasteiger partial charge in [0.1, 0.15) is 11.4 Å². The van der Waals surface area contributed by atoms with Crippen molar-refractivity contribution < 1.29 is 17.9 Å². The van der Waals surface area contributed by atoms with Gasteiger partial charge in [-0.3, -0.25) is 9.78 Å². The van der Waals surface area contributed by atoms with Crippen molar-refractivity contribution in [2.24, 2.45) is 0 Å². The first-order valence-corrected chi connectivity index (χ1v) is 10.1. The summed E-state index contributed by atoms with van der Waals surface area (Å²) in [5.74, 6) is 1.67. The van der Waals surface area contributed by atoms with Crippen LogP contribution < -0.4 is 15.6 Å². The van der Waals surface area contributed by atoms with E-state index in [0.29, 0.717) is 36.0 Å². The Kier molecular flexibility index (Phi) is 7.03. The number of aromatic nitrogens is 4. The molecule has 3 rings (SSSR count). The Morgan fingerprint density at radius 3 is 2.83 bits per heavy atom. The molecule has 0 atom stereocenters. The number of hydrogen-bond donors (Lipinski definition) is 3. The lowest BCUT2D eigenvalue weighted by Crippen LogP contribution is -2.18. The molecule has 2 aromatic heterocycles. The second-order valence-electron chi connectivity index (χ2n) is 6.32. The van der Waals surface area contributed by atoms with Gasteiger partial charge in [0, 0.05) is 36.2 Å². The van der Waals surface area contributed by atoms with E-state index in [-0.39, 0.29) is 17.0 Å². The SMILES string of the molecule is COc1cccc(Cc2cnc(NCCSCc3nc[nH]c3C(F)(F)F)[nH]c2=O)c1. The number of nitrogens with zero attached hydrogens (tertiary/aromatic N) is 2. The molecule has 0 fully saturated rings. The quantitative estimate of drug-likeness (QED) is 0.442. The highest BCUT2D eigenvalue weighted by molar-refractivity contribution is 7.98. The molecule has 11 heteroatoms. The van der Waals surface area contributed by atoms with Crippen molar-refractivity contribution >= 4 is 17.7 Å². The van der Waals surface area contributed by atoms with Crippen molar-refractivity contribution in [2.45, 2.75) is 18.3 Å². The number of benzene rings is 1. The third-order valence-corrected chi connectivity index (χ3v) is 5.15. The van der Waals surface area contributed by atoms with Gasteiger partial charge in [0.05, 0.1) is 19.1 Å². The number of ether oxygens (including phenoxy) is 1. The Hall–Kier alpha value is -2.95. The molecule has 3 aromatic rings. The summed E-state index contributed by atoms with van der Waals surface area (Å²) in [6.07, 6.45) is -1.48.